The van der Waals surface area contributed by atoms with Crippen LogP contribution in [0.15, 0.2) is 29.0 Å². The number of nitrogens with one attached hydrogen (secondary N) is 1. The zero-order valence-electron chi connectivity index (χ0n) is 15.6. The Balaban J connectivity index is 0.000000817. The van der Waals surface area contributed by atoms with Crippen molar-refractivity contribution >= 4 is 18.2 Å². The first kappa shape index (κ1) is 20.6. The van der Waals surface area contributed by atoms with Gasteiger partial charge in [-0.15, -0.1) is 0 Å². The maximum absolute atomic E-state index is 13.6. The van der Waals surface area contributed by atoms with Crippen molar-refractivity contribution in [1.82, 2.24) is 14.9 Å². The Hall–Kier alpha value is -2.68. The molecule has 1 aliphatic heterocycles. The van der Waals surface area contributed by atoms with Crippen molar-refractivity contribution in [3.05, 3.63) is 36.2 Å². The highest BCUT2D eigenvalue weighted by atomic mass is 19.1. The number of furan rings is 1. The normalized spacial score (nSPS) is 16.9. The molecular weight excluding hydrogens is 353 g/mol. The van der Waals surface area contributed by atoms with Crippen molar-refractivity contribution in [2.45, 2.75) is 19.4 Å². The van der Waals surface area contributed by atoms with E-state index >= 15 is 0 Å². The van der Waals surface area contributed by atoms with Crippen molar-refractivity contribution < 1.29 is 18.7 Å². The lowest BCUT2D eigenvalue weighted by atomic mass is 9.98. The Labute approximate surface area is 158 Å². The first-order chi connectivity index (χ1) is 13.0. The zero-order chi connectivity index (χ0) is 19.6. The van der Waals surface area contributed by atoms with Crippen LogP contribution in [0.5, 0.6) is 0 Å². The lowest BCUT2D eigenvalue weighted by molar-refractivity contribution is -0.122. The second kappa shape index (κ2) is 10.5. The number of piperidine rings is 1. The molecule has 3 heterocycles. The first-order valence-electron chi connectivity index (χ1n) is 8.79. The second-order valence-electron chi connectivity index (χ2n) is 6.57. The number of hydrogen-bond donors (Lipinski definition) is 2. The summed E-state index contributed by atoms with van der Waals surface area (Å²) in [5.41, 5.74) is 0. The maximum Gasteiger partial charge on any atom is 0.290 e. The van der Waals surface area contributed by atoms with Gasteiger partial charge in [0, 0.05) is 27.2 Å². The van der Waals surface area contributed by atoms with E-state index in [9.17, 15) is 4.39 Å². The number of carboxylic acid groups (broad SMARTS) is 1. The Morgan fingerprint density at radius 3 is 2.96 bits per heavy atom. The minimum absolute atomic E-state index is 0.250. The van der Waals surface area contributed by atoms with Gasteiger partial charge in [0.1, 0.15) is 5.76 Å². The van der Waals surface area contributed by atoms with Crippen LogP contribution in [-0.2, 0) is 11.3 Å². The summed E-state index contributed by atoms with van der Waals surface area (Å²) in [6, 6.07) is 3.93. The highest BCUT2D eigenvalue weighted by Gasteiger charge is 2.21. The average molecular weight is 379 g/mol. The fraction of sp³-hybridized carbons (Fsp3) is 0.500. The van der Waals surface area contributed by atoms with Crippen LogP contribution in [0, 0.1) is 11.7 Å². The van der Waals surface area contributed by atoms with Gasteiger partial charge >= 0.3 is 0 Å². The summed E-state index contributed by atoms with van der Waals surface area (Å²) in [5.74, 6) is 1.89. The average Bonchev–Trinajstić information content (AvgIpc) is 3.15. The second-order valence-corrected chi connectivity index (χ2v) is 6.57. The van der Waals surface area contributed by atoms with Gasteiger partial charge in [0.15, 0.2) is 11.6 Å². The summed E-state index contributed by atoms with van der Waals surface area (Å²) in [6.45, 7) is 3.49. The third-order valence-electron chi connectivity index (χ3n) is 4.26. The molecule has 0 amide bonds. The molecule has 1 aliphatic rings. The molecule has 2 aromatic heterocycles. The fourth-order valence-corrected chi connectivity index (χ4v) is 3.08. The lowest BCUT2D eigenvalue weighted by Gasteiger charge is -2.32. The first-order valence-corrected chi connectivity index (χ1v) is 8.79. The predicted octanol–water partition coefficient (Wildman–Crippen LogP) is 2.30. The van der Waals surface area contributed by atoms with Gasteiger partial charge in [0.2, 0.25) is 5.95 Å². The van der Waals surface area contributed by atoms with Crippen LogP contribution in [0.25, 0.3) is 0 Å². The SMILES string of the molecule is CN(C)c1nc(NCC2CCCN(Cc3ccco3)C2)ncc1F.O=CO. The highest BCUT2D eigenvalue weighted by Crippen LogP contribution is 2.20. The molecular formula is C18H26FN5O3. The Bertz CT molecular complexity index is 696. The van der Waals surface area contributed by atoms with Gasteiger partial charge in [-0.3, -0.25) is 9.69 Å². The number of anilines is 2. The number of carbonyl (C=O) groups is 1. The number of aromatic nitrogens is 2. The molecule has 2 N–H and O–H groups in total. The third-order valence-corrected chi connectivity index (χ3v) is 4.26. The van der Waals surface area contributed by atoms with E-state index < -0.39 is 5.82 Å². The van der Waals surface area contributed by atoms with Crippen LogP contribution in [0.3, 0.4) is 0 Å². The van der Waals surface area contributed by atoms with Crippen LogP contribution < -0.4 is 10.2 Å². The van der Waals surface area contributed by atoms with Crippen molar-refractivity contribution in [2.24, 2.45) is 5.92 Å². The predicted molar refractivity (Wildman–Crippen MR) is 100 cm³/mol. The smallest absolute Gasteiger partial charge is 0.290 e. The van der Waals surface area contributed by atoms with Gasteiger partial charge in [0.05, 0.1) is 19.0 Å². The molecule has 0 bridgehead atoms. The van der Waals surface area contributed by atoms with E-state index in [0.29, 0.717) is 17.7 Å². The van der Waals surface area contributed by atoms with Gasteiger partial charge in [0.25, 0.3) is 6.47 Å². The lowest BCUT2D eigenvalue weighted by Crippen LogP contribution is -2.37. The molecule has 1 unspecified atom stereocenters. The Kier molecular flexibility index (Phi) is 8.00. The summed E-state index contributed by atoms with van der Waals surface area (Å²) >= 11 is 0. The number of halogens is 1. The van der Waals surface area contributed by atoms with Crippen LogP contribution in [0.2, 0.25) is 0 Å². The maximum atomic E-state index is 13.6. The monoisotopic (exact) mass is 379 g/mol. The van der Waals surface area contributed by atoms with Crippen molar-refractivity contribution in [3.8, 4) is 0 Å². The molecule has 0 aromatic carbocycles. The standard InChI is InChI=1S/C17H24FN5O.CH2O2/c1-22(2)16-15(18)10-20-17(21-16)19-9-13-5-3-7-23(11-13)12-14-6-4-8-24-14;2-1-3/h4,6,8,10,13H,3,5,7,9,11-12H2,1-2H3,(H,19,20,21);1H,(H,2,3). The highest BCUT2D eigenvalue weighted by molar-refractivity contribution is 5.42. The van der Waals surface area contributed by atoms with E-state index in [1.165, 1.54) is 19.0 Å². The molecule has 8 nitrogen and oxygen atoms in total. The molecule has 0 radical (unpaired) electrons. The third kappa shape index (κ3) is 6.52. The largest absolute Gasteiger partial charge is 0.483 e. The van der Waals surface area contributed by atoms with Gasteiger partial charge in [-0.2, -0.15) is 4.98 Å². The van der Waals surface area contributed by atoms with Crippen molar-refractivity contribution in [1.29, 1.82) is 0 Å². The fourth-order valence-electron chi connectivity index (χ4n) is 3.08. The molecule has 1 atom stereocenters. The molecule has 0 aliphatic carbocycles. The molecule has 9 heteroatoms. The molecule has 0 spiro atoms. The van der Waals surface area contributed by atoms with Crippen molar-refractivity contribution in [3.63, 3.8) is 0 Å². The summed E-state index contributed by atoms with van der Waals surface area (Å²) < 4.78 is 19.1. The van der Waals surface area contributed by atoms with Gasteiger partial charge in [-0.1, -0.05) is 0 Å². The molecule has 27 heavy (non-hydrogen) atoms. The van der Waals surface area contributed by atoms with E-state index in [2.05, 4.69) is 20.2 Å². The molecule has 1 saturated heterocycles. The summed E-state index contributed by atoms with van der Waals surface area (Å²) in [4.78, 5) is 20.7. The molecule has 0 saturated carbocycles. The van der Waals surface area contributed by atoms with Gasteiger partial charge in [-0.05, 0) is 37.4 Å². The van der Waals surface area contributed by atoms with E-state index in [1.807, 2.05) is 12.1 Å². The van der Waals surface area contributed by atoms with Gasteiger partial charge in [-0.25, -0.2) is 9.37 Å². The number of nitrogens with zero attached hydrogens (tertiary/aromatic N) is 4. The van der Waals surface area contributed by atoms with Crippen LogP contribution in [0.1, 0.15) is 18.6 Å². The summed E-state index contributed by atoms with van der Waals surface area (Å²) in [7, 11) is 3.53. The summed E-state index contributed by atoms with van der Waals surface area (Å²) in [6.07, 6.45) is 5.27. The van der Waals surface area contributed by atoms with Crippen LogP contribution in [0.4, 0.5) is 16.2 Å². The number of likely N-dealkylation sites (tertiary alicyclic amines) is 1. The van der Waals surface area contributed by atoms with E-state index in [4.69, 9.17) is 14.3 Å². The zero-order valence-corrected chi connectivity index (χ0v) is 15.6. The van der Waals surface area contributed by atoms with Crippen molar-refractivity contribution in [2.75, 3.05) is 43.9 Å². The molecule has 1 fully saturated rings. The minimum atomic E-state index is -0.409. The quantitative estimate of drug-likeness (QED) is 0.739. The molecule has 3 rings (SSSR count). The van der Waals surface area contributed by atoms with Gasteiger partial charge < -0.3 is 19.7 Å². The number of rotatable bonds is 6. The topological polar surface area (TPSA) is 94.7 Å². The minimum Gasteiger partial charge on any atom is -0.483 e. The number of hydrogen-bond acceptors (Lipinski definition) is 7. The van der Waals surface area contributed by atoms with E-state index in [-0.39, 0.29) is 6.47 Å². The summed E-state index contributed by atoms with van der Waals surface area (Å²) in [5, 5.41) is 10.1. The Morgan fingerprint density at radius 1 is 1.52 bits per heavy atom. The molecule has 2 aromatic rings. The Morgan fingerprint density at radius 2 is 2.30 bits per heavy atom. The van der Waals surface area contributed by atoms with E-state index in [1.54, 1.807) is 25.3 Å². The van der Waals surface area contributed by atoms with Crippen LogP contribution in [-0.4, -0.2) is 60.2 Å². The molecule has 148 valence electrons. The van der Waals surface area contributed by atoms with E-state index in [0.717, 1.165) is 31.9 Å². The van der Waals surface area contributed by atoms with Crippen LogP contribution >= 0.6 is 0 Å².